The van der Waals surface area contributed by atoms with Crippen LogP contribution >= 0.6 is 0 Å². The molecule has 2 aromatic carbocycles. The fourth-order valence-electron chi connectivity index (χ4n) is 2.03. The number of benzene rings is 2. The number of imide groups is 1. The van der Waals surface area contributed by atoms with E-state index < -0.39 is 27.4 Å². The van der Waals surface area contributed by atoms with Gasteiger partial charge in [-0.25, -0.2) is 0 Å². The summed E-state index contributed by atoms with van der Waals surface area (Å²) in [5.41, 5.74) is -5.20. The monoisotopic (exact) mass is 363 g/mol. The van der Waals surface area contributed by atoms with Crippen LogP contribution < -0.4 is 5.32 Å². The van der Waals surface area contributed by atoms with Crippen LogP contribution in [-0.2, 0) is 10.1 Å². The van der Waals surface area contributed by atoms with Crippen molar-refractivity contribution in [1.29, 1.82) is 0 Å². The Morgan fingerprint density at radius 3 is 2.04 bits per heavy atom. The SMILES string of the molecule is O=C1NC(=O)c2c1c(O)cc1ccccc21.O=S(=O)(O)C(F)(F)F. The van der Waals surface area contributed by atoms with E-state index in [1.807, 2.05) is 6.07 Å². The first-order valence-corrected chi connectivity index (χ1v) is 7.51. The van der Waals surface area contributed by atoms with Crippen LogP contribution in [0.15, 0.2) is 30.3 Å². The summed E-state index contributed by atoms with van der Waals surface area (Å²) in [7, 11) is -5.84. The summed E-state index contributed by atoms with van der Waals surface area (Å²) in [5, 5.41) is 13.3. The van der Waals surface area contributed by atoms with Gasteiger partial charge in [0.2, 0.25) is 0 Å². The van der Waals surface area contributed by atoms with Gasteiger partial charge < -0.3 is 5.11 Å². The number of alkyl halides is 3. The van der Waals surface area contributed by atoms with Crippen LogP contribution in [0, 0.1) is 0 Å². The summed E-state index contributed by atoms with van der Waals surface area (Å²) in [5.74, 6) is -1.15. The topological polar surface area (TPSA) is 121 Å². The maximum atomic E-state index is 11.6. The molecule has 0 aromatic heterocycles. The number of halogens is 3. The summed E-state index contributed by atoms with van der Waals surface area (Å²) in [6.45, 7) is 0. The molecule has 11 heteroatoms. The molecular formula is C13H8F3NO6S. The minimum Gasteiger partial charge on any atom is -0.507 e. The maximum absolute atomic E-state index is 11.6. The maximum Gasteiger partial charge on any atom is 0.522 e. The van der Waals surface area contributed by atoms with Gasteiger partial charge in [-0.1, -0.05) is 24.3 Å². The van der Waals surface area contributed by atoms with E-state index in [-0.39, 0.29) is 16.9 Å². The van der Waals surface area contributed by atoms with Crippen LogP contribution in [0.25, 0.3) is 10.8 Å². The van der Waals surface area contributed by atoms with E-state index in [0.29, 0.717) is 5.39 Å². The molecule has 1 aliphatic rings. The lowest BCUT2D eigenvalue weighted by atomic mass is 9.99. The molecule has 0 fully saturated rings. The standard InChI is InChI=1S/C12H7NO3.CHF3O3S/c14-8-5-6-3-1-2-4-7(6)9-10(8)12(16)13-11(9)15;2-1(3,4)8(5,6)7/h1-5,14H,(H,13,15,16);(H,5,6,7). The number of rotatable bonds is 0. The molecule has 0 saturated heterocycles. The van der Waals surface area contributed by atoms with Gasteiger partial charge in [0.25, 0.3) is 11.8 Å². The van der Waals surface area contributed by atoms with Crippen molar-refractivity contribution in [3.05, 3.63) is 41.5 Å². The van der Waals surface area contributed by atoms with Gasteiger partial charge in [0, 0.05) is 0 Å². The number of phenols is 1. The van der Waals surface area contributed by atoms with E-state index >= 15 is 0 Å². The number of aromatic hydroxyl groups is 1. The summed E-state index contributed by atoms with van der Waals surface area (Å²) in [6.07, 6.45) is 0. The highest BCUT2D eigenvalue weighted by atomic mass is 32.2. The van der Waals surface area contributed by atoms with Gasteiger partial charge in [0.1, 0.15) is 5.75 Å². The van der Waals surface area contributed by atoms with Crippen LogP contribution in [-0.4, -0.2) is 35.4 Å². The number of amides is 2. The van der Waals surface area contributed by atoms with Crippen molar-refractivity contribution in [2.75, 3.05) is 0 Å². The first kappa shape index (κ1) is 17.7. The van der Waals surface area contributed by atoms with Gasteiger partial charge in [-0.15, -0.1) is 0 Å². The number of phenolic OH excluding ortho intramolecular Hbond substituents is 1. The molecule has 0 bridgehead atoms. The van der Waals surface area contributed by atoms with E-state index in [1.165, 1.54) is 6.07 Å². The Bertz CT molecular complexity index is 952. The minimum atomic E-state index is -5.84. The molecule has 3 N–H and O–H groups in total. The Labute approximate surface area is 132 Å². The smallest absolute Gasteiger partial charge is 0.507 e. The normalized spacial score (nSPS) is 14.0. The van der Waals surface area contributed by atoms with Crippen molar-refractivity contribution < 1.29 is 40.8 Å². The van der Waals surface area contributed by atoms with E-state index in [2.05, 4.69) is 5.32 Å². The van der Waals surface area contributed by atoms with Gasteiger partial charge in [0.15, 0.2) is 0 Å². The van der Waals surface area contributed by atoms with Gasteiger partial charge in [-0.05, 0) is 16.8 Å². The summed E-state index contributed by atoms with van der Waals surface area (Å²) < 4.78 is 57.5. The van der Waals surface area contributed by atoms with Crippen molar-refractivity contribution in [1.82, 2.24) is 5.32 Å². The Morgan fingerprint density at radius 2 is 1.50 bits per heavy atom. The van der Waals surface area contributed by atoms with Crippen molar-refractivity contribution in [2.45, 2.75) is 5.51 Å². The largest absolute Gasteiger partial charge is 0.522 e. The number of carbonyl (C=O) groups is 2. The minimum absolute atomic E-state index is 0.0729. The molecule has 3 rings (SSSR count). The van der Waals surface area contributed by atoms with Crippen LogP contribution in [0.2, 0.25) is 0 Å². The number of fused-ring (bicyclic) bond motifs is 3. The van der Waals surface area contributed by atoms with E-state index in [0.717, 1.165) is 5.39 Å². The molecule has 1 aliphatic heterocycles. The Balaban J connectivity index is 0.000000224. The molecule has 0 unspecified atom stereocenters. The zero-order valence-corrected chi connectivity index (χ0v) is 12.3. The van der Waals surface area contributed by atoms with Crippen molar-refractivity contribution in [2.24, 2.45) is 0 Å². The number of hydrogen-bond donors (Lipinski definition) is 3. The Kier molecular flexibility index (Phi) is 4.25. The molecule has 0 aliphatic carbocycles. The predicted octanol–water partition coefficient (Wildman–Crippen LogP) is 1.82. The molecule has 0 saturated carbocycles. The highest BCUT2D eigenvalue weighted by molar-refractivity contribution is 7.86. The van der Waals surface area contributed by atoms with Crippen molar-refractivity contribution in [3.63, 3.8) is 0 Å². The lowest BCUT2D eigenvalue weighted by Crippen LogP contribution is -2.21. The van der Waals surface area contributed by atoms with Gasteiger partial charge in [-0.3, -0.25) is 19.5 Å². The van der Waals surface area contributed by atoms with Crippen LogP contribution in [0.4, 0.5) is 13.2 Å². The molecular weight excluding hydrogens is 355 g/mol. The summed E-state index contributed by atoms with van der Waals surface area (Å²) in [4.78, 5) is 23.0. The third-order valence-corrected chi connectivity index (χ3v) is 3.59. The molecule has 0 atom stereocenters. The highest BCUT2D eigenvalue weighted by Crippen LogP contribution is 2.32. The highest BCUT2D eigenvalue weighted by Gasteiger charge is 2.44. The predicted molar refractivity (Wildman–Crippen MR) is 75.0 cm³/mol. The number of hydrogen-bond acceptors (Lipinski definition) is 5. The average Bonchev–Trinajstić information content (AvgIpc) is 2.73. The Hall–Kier alpha value is -2.66. The van der Waals surface area contributed by atoms with Gasteiger partial charge in [-0.2, -0.15) is 21.6 Å². The van der Waals surface area contributed by atoms with Crippen LogP contribution in [0.3, 0.4) is 0 Å². The molecule has 128 valence electrons. The molecule has 2 amide bonds. The van der Waals surface area contributed by atoms with Crippen molar-refractivity contribution in [3.8, 4) is 5.75 Å². The van der Waals surface area contributed by atoms with Crippen molar-refractivity contribution >= 4 is 32.7 Å². The second kappa shape index (κ2) is 5.76. The zero-order chi connectivity index (χ0) is 18.3. The second-order valence-corrected chi connectivity index (χ2v) is 5.98. The zero-order valence-electron chi connectivity index (χ0n) is 11.5. The molecule has 0 spiro atoms. The van der Waals surface area contributed by atoms with Crippen LogP contribution in [0.5, 0.6) is 5.75 Å². The van der Waals surface area contributed by atoms with Gasteiger partial charge >= 0.3 is 15.6 Å². The van der Waals surface area contributed by atoms with Gasteiger partial charge in [0.05, 0.1) is 11.1 Å². The first-order valence-electron chi connectivity index (χ1n) is 6.07. The molecule has 0 radical (unpaired) electrons. The molecule has 2 aromatic rings. The van der Waals surface area contributed by atoms with Crippen LogP contribution in [0.1, 0.15) is 20.7 Å². The average molecular weight is 363 g/mol. The quantitative estimate of drug-likeness (QED) is 0.373. The Morgan fingerprint density at radius 1 is 1.00 bits per heavy atom. The van der Waals surface area contributed by atoms with E-state index in [4.69, 9.17) is 13.0 Å². The third kappa shape index (κ3) is 3.16. The molecule has 1 heterocycles. The number of nitrogens with one attached hydrogen (secondary N) is 1. The fraction of sp³-hybridized carbons (Fsp3) is 0.0769. The lowest BCUT2D eigenvalue weighted by molar-refractivity contribution is -0.0510. The molecule has 7 nitrogen and oxygen atoms in total. The number of carbonyl (C=O) groups excluding carboxylic acids is 2. The lowest BCUT2D eigenvalue weighted by Gasteiger charge is -2.04. The summed E-state index contributed by atoms with van der Waals surface area (Å²) >= 11 is 0. The summed E-state index contributed by atoms with van der Waals surface area (Å²) in [6, 6.07) is 8.63. The van der Waals surface area contributed by atoms with E-state index in [9.17, 15) is 27.9 Å². The van der Waals surface area contributed by atoms with E-state index in [1.54, 1.807) is 18.2 Å². The first-order chi connectivity index (χ1) is 10.9. The fourth-order valence-corrected chi connectivity index (χ4v) is 2.03. The second-order valence-electron chi connectivity index (χ2n) is 4.57. The third-order valence-electron chi connectivity index (χ3n) is 3.00. The molecule has 24 heavy (non-hydrogen) atoms.